The molecule has 0 radical (unpaired) electrons. The fourth-order valence-electron chi connectivity index (χ4n) is 2.61. The molecule has 0 saturated carbocycles. The Balaban J connectivity index is 2.02. The Morgan fingerprint density at radius 1 is 0.731 bits per heavy atom. The Hall–Kier alpha value is -1.47. The van der Waals surface area contributed by atoms with Crippen LogP contribution in [0.3, 0.4) is 0 Å². The molecule has 0 aromatic heterocycles. The first kappa shape index (κ1) is 19.3. The second-order valence-electron chi connectivity index (χ2n) is 5.82. The molecule has 0 fully saturated rings. The normalized spacial score (nSPS) is 11.7. The zero-order valence-corrected chi connectivity index (χ0v) is 17.8. The maximum atomic E-state index is 13.4. The van der Waals surface area contributed by atoms with E-state index in [4.69, 9.17) is 0 Å². The molecule has 3 aromatic carbocycles. The summed E-state index contributed by atoms with van der Waals surface area (Å²) >= 11 is 6.75. The molecule has 0 saturated heterocycles. The fraction of sp³-hybridized carbons (Fsp3) is 0.100. The van der Waals surface area contributed by atoms with Crippen molar-refractivity contribution in [1.82, 2.24) is 4.31 Å². The first-order chi connectivity index (χ1) is 12.5. The highest BCUT2D eigenvalue weighted by atomic mass is 79.9. The van der Waals surface area contributed by atoms with Gasteiger partial charge in [-0.25, -0.2) is 8.42 Å². The van der Waals surface area contributed by atoms with Crippen LogP contribution >= 0.6 is 31.9 Å². The van der Waals surface area contributed by atoms with Gasteiger partial charge in [-0.1, -0.05) is 76.6 Å². The van der Waals surface area contributed by atoms with Crippen LogP contribution in [0.2, 0.25) is 0 Å². The highest BCUT2D eigenvalue weighted by molar-refractivity contribution is 9.11. The molecule has 0 unspecified atom stereocenters. The van der Waals surface area contributed by atoms with E-state index in [-0.39, 0.29) is 4.90 Å². The van der Waals surface area contributed by atoms with Crippen LogP contribution in [0.25, 0.3) is 0 Å². The summed E-state index contributed by atoms with van der Waals surface area (Å²) in [7, 11) is -3.69. The van der Waals surface area contributed by atoms with Gasteiger partial charge >= 0.3 is 0 Å². The summed E-state index contributed by atoms with van der Waals surface area (Å²) in [5.41, 5.74) is 1.89. The van der Waals surface area contributed by atoms with Crippen LogP contribution in [0.1, 0.15) is 11.1 Å². The van der Waals surface area contributed by atoms with Crippen LogP contribution in [-0.4, -0.2) is 12.7 Å². The van der Waals surface area contributed by atoms with Gasteiger partial charge in [-0.05, 0) is 45.3 Å². The minimum Gasteiger partial charge on any atom is -0.207 e. The van der Waals surface area contributed by atoms with Gasteiger partial charge in [0, 0.05) is 22.0 Å². The monoisotopic (exact) mass is 493 g/mol. The number of hydrogen-bond acceptors (Lipinski definition) is 2. The molecule has 0 aliphatic rings. The van der Waals surface area contributed by atoms with Crippen molar-refractivity contribution >= 4 is 41.9 Å². The molecule has 3 rings (SSSR count). The molecule has 0 bridgehead atoms. The topological polar surface area (TPSA) is 37.4 Å². The molecule has 3 aromatic rings. The Kier molecular flexibility index (Phi) is 6.29. The lowest BCUT2D eigenvalue weighted by Gasteiger charge is -2.23. The van der Waals surface area contributed by atoms with Gasteiger partial charge in [0.15, 0.2) is 0 Å². The molecule has 134 valence electrons. The predicted octanol–water partition coefficient (Wildman–Crippen LogP) is 5.60. The van der Waals surface area contributed by atoms with E-state index in [0.717, 1.165) is 15.6 Å². The lowest BCUT2D eigenvalue weighted by Crippen LogP contribution is -2.30. The third-order valence-corrected chi connectivity index (χ3v) is 7.19. The molecule has 6 heteroatoms. The Bertz CT molecular complexity index is 936. The minimum atomic E-state index is -3.69. The van der Waals surface area contributed by atoms with Crippen LogP contribution in [0.15, 0.2) is 92.7 Å². The van der Waals surface area contributed by atoms with Gasteiger partial charge < -0.3 is 0 Å². The molecule has 0 atom stereocenters. The minimum absolute atomic E-state index is 0.249. The van der Waals surface area contributed by atoms with E-state index in [1.165, 1.54) is 4.31 Å². The van der Waals surface area contributed by atoms with Crippen molar-refractivity contribution in [3.8, 4) is 0 Å². The van der Waals surface area contributed by atoms with Gasteiger partial charge in [0.2, 0.25) is 10.0 Å². The molecule has 0 heterocycles. The fourth-order valence-corrected chi connectivity index (χ4v) is 5.49. The molecule has 26 heavy (non-hydrogen) atoms. The van der Waals surface area contributed by atoms with Gasteiger partial charge in [0.25, 0.3) is 0 Å². The highest BCUT2D eigenvalue weighted by Crippen LogP contribution is 2.30. The summed E-state index contributed by atoms with van der Waals surface area (Å²) in [5.74, 6) is 0. The second-order valence-corrected chi connectivity index (χ2v) is 9.50. The number of rotatable bonds is 6. The van der Waals surface area contributed by atoms with E-state index in [1.807, 2.05) is 66.7 Å². The van der Waals surface area contributed by atoms with Gasteiger partial charge in [0.05, 0.1) is 4.90 Å². The van der Waals surface area contributed by atoms with Gasteiger partial charge in [-0.15, -0.1) is 0 Å². The van der Waals surface area contributed by atoms with Crippen LogP contribution in [0, 0.1) is 0 Å². The number of benzene rings is 3. The van der Waals surface area contributed by atoms with E-state index >= 15 is 0 Å². The standard InChI is InChI=1S/C20H17Br2NO2S/c21-18-11-12-19(22)20(13-18)26(24,25)23(14-16-7-3-1-4-8-16)15-17-9-5-2-6-10-17/h1-13H,14-15H2. The van der Waals surface area contributed by atoms with E-state index in [0.29, 0.717) is 17.6 Å². The van der Waals surface area contributed by atoms with Crippen molar-refractivity contribution in [2.24, 2.45) is 0 Å². The SMILES string of the molecule is O=S(=O)(c1cc(Br)ccc1Br)N(Cc1ccccc1)Cc1ccccc1. The zero-order chi connectivity index (χ0) is 18.6. The molecule has 3 nitrogen and oxygen atoms in total. The maximum absolute atomic E-state index is 13.4. The lowest BCUT2D eigenvalue weighted by molar-refractivity contribution is 0.401. The summed E-state index contributed by atoms with van der Waals surface area (Å²) in [6, 6.07) is 24.4. The summed E-state index contributed by atoms with van der Waals surface area (Å²) in [5, 5.41) is 0. The van der Waals surface area contributed by atoms with E-state index in [9.17, 15) is 8.42 Å². The van der Waals surface area contributed by atoms with E-state index in [2.05, 4.69) is 31.9 Å². The summed E-state index contributed by atoms with van der Waals surface area (Å²) in [4.78, 5) is 0.249. The largest absolute Gasteiger partial charge is 0.244 e. The molecular formula is C20H17Br2NO2S. The van der Waals surface area contributed by atoms with Crippen LogP contribution in [0.4, 0.5) is 0 Å². The van der Waals surface area contributed by atoms with Gasteiger partial charge in [-0.3, -0.25) is 0 Å². The van der Waals surface area contributed by atoms with Gasteiger partial charge in [0.1, 0.15) is 0 Å². The van der Waals surface area contributed by atoms with E-state index in [1.54, 1.807) is 12.1 Å². The summed E-state index contributed by atoms with van der Waals surface area (Å²) in [6.07, 6.45) is 0. The Morgan fingerprint density at radius 3 is 1.73 bits per heavy atom. The van der Waals surface area contributed by atoms with Crippen LogP contribution < -0.4 is 0 Å². The number of halogens is 2. The molecule has 0 N–H and O–H groups in total. The quantitative estimate of drug-likeness (QED) is 0.447. The first-order valence-electron chi connectivity index (χ1n) is 8.00. The van der Waals surface area contributed by atoms with Crippen LogP contribution in [-0.2, 0) is 23.1 Å². The smallest absolute Gasteiger partial charge is 0.207 e. The molecule has 0 amide bonds. The second kappa shape index (κ2) is 8.48. The summed E-state index contributed by atoms with van der Waals surface area (Å²) < 4.78 is 29.6. The third-order valence-electron chi connectivity index (χ3n) is 3.91. The Morgan fingerprint density at radius 2 is 1.23 bits per heavy atom. The molecule has 0 aliphatic carbocycles. The highest BCUT2D eigenvalue weighted by Gasteiger charge is 2.27. The average molecular weight is 495 g/mol. The first-order valence-corrected chi connectivity index (χ1v) is 11.0. The lowest BCUT2D eigenvalue weighted by atomic mass is 10.2. The predicted molar refractivity (Wildman–Crippen MR) is 111 cm³/mol. The maximum Gasteiger partial charge on any atom is 0.244 e. The van der Waals surface area contributed by atoms with Crippen LogP contribution in [0.5, 0.6) is 0 Å². The van der Waals surface area contributed by atoms with Crippen molar-refractivity contribution in [2.75, 3.05) is 0 Å². The van der Waals surface area contributed by atoms with Gasteiger partial charge in [-0.2, -0.15) is 4.31 Å². The van der Waals surface area contributed by atoms with Crippen molar-refractivity contribution in [1.29, 1.82) is 0 Å². The van der Waals surface area contributed by atoms with Crippen molar-refractivity contribution in [2.45, 2.75) is 18.0 Å². The third kappa shape index (κ3) is 4.62. The molecule has 0 spiro atoms. The number of nitrogens with zero attached hydrogens (tertiary/aromatic N) is 1. The van der Waals surface area contributed by atoms with Crippen molar-refractivity contribution in [3.63, 3.8) is 0 Å². The van der Waals surface area contributed by atoms with Crippen molar-refractivity contribution in [3.05, 3.63) is 98.9 Å². The average Bonchev–Trinajstić information content (AvgIpc) is 2.65. The summed E-state index contributed by atoms with van der Waals surface area (Å²) in [6.45, 7) is 0.605. The van der Waals surface area contributed by atoms with Crippen molar-refractivity contribution < 1.29 is 8.42 Å². The number of sulfonamides is 1. The Labute approximate surface area is 171 Å². The zero-order valence-electron chi connectivity index (χ0n) is 13.8. The molecular weight excluding hydrogens is 478 g/mol. The van der Waals surface area contributed by atoms with E-state index < -0.39 is 10.0 Å². The number of hydrogen-bond donors (Lipinski definition) is 0. The molecule has 0 aliphatic heterocycles.